The number of hydrogen-bond donors (Lipinski definition) is 0. The molecule has 10 heteroatoms. The van der Waals surface area contributed by atoms with Crippen molar-refractivity contribution in [1.82, 2.24) is 19.4 Å². The number of sulfonamides is 1. The molecule has 1 aliphatic rings. The van der Waals surface area contributed by atoms with E-state index in [2.05, 4.69) is 15.1 Å². The Kier molecular flexibility index (Phi) is 6.95. The fraction of sp³-hybridized carbons (Fsp3) is 0.381. The van der Waals surface area contributed by atoms with Gasteiger partial charge in [-0.1, -0.05) is 47.8 Å². The zero-order chi connectivity index (χ0) is 21.8. The van der Waals surface area contributed by atoms with Crippen molar-refractivity contribution in [3.63, 3.8) is 0 Å². The molecule has 1 saturated carbocycles. The van der Waals surface area contributed by atoms with Gasteiger partial charge < -0.3 is 4.52 Å². The van der Waals surface area contributed by atoms with Crippen molar-refractivity contribution in [1.29, 1.82) is 0 Å². The van der Waals surface area contributed by atoms with Gasteiger partial charge in [-0.25, -0.2) is 13.4 Å². The molecule has 1 aromatic carbocycles. The lowest BCUT2D eigenvalue weighted by Gasteiger charge is -2.30. The number of rotatable bonds is 7. The van der Waals surface area contributed by atoms with Crippen molar-refractivity contribution < 1.29 is 12.9 Å². The van der Waals surface area contributed by atoms with Gasteiger partial charge in [0.15, 0.2) is 0 Å². The van der Waals surface area contributed by atoms with E-state index in [4.69, 9.17) is 16.1 Å². The zero-order valence-corrected chi connectivity index (χ0v) is 19.5. The number of hydrogen-bond acceptors (Lipinski definition) is 7. The van der Waals surface area contributed by atoms with E-state index in [9.17, 15) is 8.42 Å². The topological polar surface area (TPSA) is 89.2 Å². The summed E-state index contributed by atoms with van der Waals surface area (Å²) in [5.41, 5.74) is 0.819. The summed E-state index contributed by atoms with van der Waals surface area (Å²) >= 11 is 7.31. The van der Waals surface area contributed by atoms with Crippen molar-refractivity contribution >= 4 is 33.4 Å². The predicted octanol–water partition coefficient (Wildman–Crippen LogP) is 5.03. The number of aromatic nitrogens is 3. The highest BCUT2D eigenvalue weighted by Gasteiger charge is 2.29. The summed E-state index contributed by atoms with van der Waals surface area (Å²) in [6, 6.07) is 10.6. The first-order valence-corrected chi connectivity index (χ1v) is 12.9. The fourth-order valence-electron chi connectivity index (χ4n) is 3.58. The lowest BCUT2D eigenvalue weighted by atomic mass is 9.96. The normalized spacial score (nSPS) is 15.5. The number of halogens is 1. The Bertz CT molecular complexity index is 1110. The fourth-order valence-corrected chi connectivity index (χ4v) is 5.75. The molecule has 31 heavy (non-hydrogen) atoms. The number of pyridine rings is 1. The predicted molar refractivity (Wildman–Crippen MR) is 120 cm³/mol. The maximum atomic E-state index is 12.9. The first-order chi connectivity index (χ1) is 14.9. The number of benzene rings is 1. The largest absolute Gasteiger partial charge is 0.338 e. The van der Waals surface area contributed by atoms with Crippen LogP contribution < -0.4 is 0 Å². The van der Waals surface area contributed by atoms with E-state index in [-0.39, 0.29) is 10.9 Å². The second-order valence-electron chi connectivity index (χ2n) is 7.45. The molecule has 0 bridgehead atoms. The van der Waals surface area contributed by atoms with Crippen LogP contribution in [0.15, 0.2) is 57.0 Å². The van der Waals surface area contributed by atoms with Gasteiger partial charge in [0.2, 0.25) is 21.7 Å². The molecule has 0 aliphatic heterocycles. The highest BCUT2D eigenvalue weighted by molar-refractivity contribution is 7.98. The van der Waals surface area contributed by atoms with Crippen LogP contribution in [0.2, 0.25) is 5.02 Å². The van der Waals surface area contributed by atoms with E-state index in [0.717, 1.165) is 31.2 Å². The number of thioether (sulfide) groups is 1. The smallest absolute Gasteiger partial charge is 0.244 e. The second-order valence-corrected chi connectivity index (χ2v) is 10.9. The SMILES string of the molecule is CN(C1CCCCC1)S(=O)(=O)c1ccc(SCc2nc(-c3ccc(Cl)cc3)no2)nc1. The summed E-state index contributed by atoms with van der Waals surface area (Å²) < 4.78 is 32.6. The molecular weight excluding hydrogens is 456 g/mol. The summed E-state index contributed by atoms with van der Waals surface area (Å²) in [6.45, 7) is 0. The minimum absolute atomic E-state index is 0.0696. The molecule has 0 unspecified atom stereocenters. The maximum absolute atomic E-state index is 12.9. The van der Waals surface area contributed by atoms with E-state index < -0.39 is 10.0 Å². The minimum Gasteiger partial charge on any atom is -0.338 e. The van der Waals surface area contributed by atoms with Gasteiger partial charge in [0.25, 0.3) is 0 Å². The summed E-state index contributed by atoms with van der Waals surface area (Å²) in [6.07, 6.45) is 6.59. The molecule has 4 rings (SSSR count). The highest BCUT2D eigenvalue weighted by Crippen LogP contribution is 2.28. The molecule has 164 valence electrons. The van der Waals surface area contributed by atoms with Crippen LogP contribution in [0.25, 0.3) is 11.4 Å². The highest BCUT2D eigenvalue weighted by atomic mass is 35.5. The Morgan fingerprint density at radius 3 is 2.55 bits per heavy atom. The Morgan fingerprint density at radius 2 is 1.87 bits per heavy atom. The van der Waals surface area contributed by atoms with Gasteiger partial charge in [-0.15, -0.1) is 0 Å². The van der Waals surface area contributed by atoms with Crippen molar-refractivity contribution in [2.45, 2.75) is 53.8 Å². The van der Waals surface area contributed by atoms with Gasteiger partial charge in [-0.05, 0) is 49.2 Å². The monoisotopic (exact) mass is 478 g/mol. The third-order valence-corrected chi connectivity index (χ3v) is 8.46. The van der Waals surface area contributed by atoms with Crippen LogP contribution in [0, 0.1) is 0 Å². The molecule has 2 heterocycles. The van der Waals surface area contributed by atoms with Crippen molar-refractivity contribution in [3.05, 3.63) is 53.5 Å². The van der Waals surface area contributed by atoms with Gasteiger partial charge in [0.1, 0.15) is 4.90 Å². The van der Waals surface area contributed by atoms with E-state index >= 15 is 0 Å². The van der Waals surface area contributed by atoms with Gasteiger partial charge >= 0.3 is 0 Å². The second kappa shape index (κ2) is 9.68. The average Bonchev–Trinajstić information content (AvgIpc) is 3.27. The Morgan fingerprint density at radius 1 is 1.13 bits per heavy atom. The molecule has 7 nitrogen and oxygen atoms in total. The number of nitrogens with zero attached hydrogens (tertiary/aromatic N) is 4. The van der Waals surface area contributed by atoms with Crippen LogP contribution >= 0.6 is 23.4 Å². The molecule has 0 spiro atoms. The minimum atomic E-state index is -3.54. The van der Waals surface area contributed by atoms with Crippen LogP contribution in [0.3, 0.4) is 0 Å². The van der Waals surface area contributed by atoms with Crippen LogP contribution in [0.4, 0.5) is 0 Å². The van der Waals surface area contributed by atoms with Gasteiger partial charge in [-0.3, -0.25) is 0 Å². The molecule has 1 aliphatic carbocycles. The zero-order valence-electron chi connectivity index (χ0n) is 17.1. The van der Waals surface area contributed by atoms with Gasteiger partial charge in [-0.2, -0.15) is 9.29 Å². The Balaban J connectivity index is 1.38. The molecule has 0 radical (unpaired) electrons. The molecule has 0 N–H and O–H groups in total. The van der Waals surface area contributed by atoms with Crippen molar-refractivity contribution in [3.8, 4) is 11.4 Å². The third-order valence-electron chi connectivity index (χ3n) is 5.39. The Hall–Kier alpha value is -1.94. The molecule has 0 atom stereocenters. The summed E-state index contributed by atoms with van der Waals surface area (Å²) in [7, 11) is -1.87. The first kappa shape index (κ1) is 22.3. The van der Waals surface area contributed by atoms with Gasteiger partial charge in [0.05, 0.1) is 10.8 Å². The van der Waals surface area contributed by atoms with E-state index in [1.165, 1.54) is 28.7 Å². The van der Waals surface area contributed by atoms with Crippen molar-refractivity contribution in [2.75, 3.05) is 7.05 Å². The van der Waals surface area contributed by atoms with Crippen molar-refractivity contribution in [2.24, 2.45) is 0 Å². The van der Waals surface area contributed by atoms with Gasteiger partial charge in [0, 0.05) is 29.9 Å². The first-order valence-electron chi connectivity index (χ1n) is 10.1. The maximum Gasteiger partial charge on any atom is 0.244 e. The molecule has 3 aromatic rings. The van der Waals surface area contributed by atoms with Crippen LogP contribution in [0.1, 0.15) is 38.0 Å². The third kappa shape index (κ3) is 5.28. The van der Waals surface area contributed by atoms with Crippen LogP contribution in [-0.4, -0.2) is 40.9 Å². The quantitative estimate of drug-likeness (QED) is 0.440. The summed E-state index contributed by atoms with van der Waals surface area (Å²) in [4.78, 5) is 8.92. The van der Waals surface area contributed by atoms with E-state index in [1.54, 1.807) is 31.3 Å². The standard InChI is InChI=1S/C21H23ClN4O3S2/c1-26(17-5-3-2-4-6-17)31(27,28)18-11-12-20(23-13-18)30-14-19-24-21(25-29-19)15-7-9-16(22)10-8-15/h7-13,17H,2-6,14H2,1H3. The molecule has 0 saturated heterocycles. The summed E-state index contributed by atoms with van der Waals surface area (Å²) in [5.74, 6) is 1.39. The molecular formula is C21H23ClN4O3S2. The lowest BCUT2D eigenvalue weighted by Crippen LogP contribution is -2.38. The molecule has 1 fully saturated rings. The summed E-state index contributed by atoms with van der Waals surface area (Å²) in [5, 5.41) is 5.32. The Labute approximate surface area is 191 Å². The lowest BCUT2D eigenvalue weighted by molar-refractivity contribution is 0.285. The van der Waals surface area contributed by atoms with E-state index in [1.807, 2.05) is 12.1 Å². The van der Waals surface area contributed by atoms with Crippen LogP contribution in [-0.2, 0) is 15.8 Å². The molecule has 2 aromatic heterocycles. The average molecular weight is 479 g/mol. The van der Waals surface area contributed by atoms with Crippen LogP contribution in [0.5, 0.6) is 0 Å². The van der Waals surface area contributed by atoms with E-state index in [0.29, 0.717) is 27.5 Å². The molecule has 0 amide bonds.